The number of nitrogens with one attached hydrogen (secondary N) is 1. The van der Waals surface area contributed by atoms with E-state index in [1.54, 1.807) is 30.3 Å². The Morgan fingerprint density at radius 1 is 1.09 bits per heavy atom. The SMILES string of the molecule is COC(=O)[C@H](CCP(=O)(O)CC(C)(CP(=O)(O)O)C(=O)O)NC(=O)OCc1ccccc1. The molecule has 2 unspecified atom stereocenters. The molecule has 1 rings (SSSR count). The monoisotopic (exact) mass is 495 g/mol. The van der Waals surface area contributed by atoms with Crippen LogP contribution in [0.25, 0.3) is 0 Å². The van der Waals surface area contributed by atoms with Crippen LogP contribution in [-0.4, -0.2) is 69.5 Å². The molecule has 0 spiro atoms. The van der Waals surface area contributed by atoms with Gasteiger partial charge in [-0.2, -0.15) is 0 Å². The van der Waals surface area contributed by atoms with Crippen molar-refractivity contribution < 1.29 is 52.8 Å². The van der Waals surface area contributed by atoms with Gasteiger partial charge in [0, 0.05) is 12.3 Å². The summed E-state index contributed by atoms with van der Waals surface area (Å²) in [5.74, 6) is -2.57. The maximum Gasteiger partial charge on any atom is 0.408 e. The standard InChI is InChI=1S/C18H27NO11P2/c1-18(16(21)22,12-32(26,27)28)11-31(24,25)9-8-14(15(20)29-2)19-17(23)30-10-13-6-4-3-5-7-13/h3-7,14H,8-12H2,1-2H3,(H,19,23)(H,21,22)(H,24,25)(H2,26,27,28)/t14-,18?/m0/s1. The lowest BCUT2D eigenvalue weighted by molar-refractivity contribution is -0.146. The topological polar surface area (TPSA) is 197 Å². The van der Waals surface area contributed by atoms with Gasteiger partial charge in [-0.25, -0.2) is 9.59 Å². The van der Waals surface area contributed by atoms with E-state index in [9.17, 15) is 33.5 Å². The number of hydrogen-bond donors (Lipinski definition) is 5. The minimum absolute atomic E-state index is 0.0849. The summed E-state index contributed by atoms with van der Waals surface area (Å²) in [6.45, 7) is 0.868. The number of rotatable bonds is 12. The number of hydrogen-bond acceptors (Lipinski definition) is 7. The molecule has 14 heteroatoms. The van der Waals surface area contributed by atoms with Crippen LogP contribution < -0.4 is 5.32 Å². The molecule has 0 aliphatic rings. The summed E-state index contributed by atoms with van der Waals surface area (Å²) in [4.78, 5) is 63.9. The molecule has 5 N–H and O–H groups in total. The minimum Gasteiger partial charge on any atom is -0.481 e. The number of methoxy groups -OCH3 is 1. The quantitative estimate of drug-likeness (QED) is 0.207. The zero-order valence-corrected chi connectivity index (χ0v) is 19.3. The molecule has 0 aromatic heterocycles. The molecular weight excluding hydrogens is 468 g/mol. The third kappa shape index (κ3) is 9.93. The Labute approximate surface area is 184 Å². The number of carbonyl (C=O) groups is 3. The highest BCUT2D eigenvalue weighted by molar-refractivity contribution is 7.58. The van der Waals surface area contributed by atoms with Crippen molar-refractivity contribution in [3.05, 3.63) is 35.9 Å². The van der Waals surface area contributed by atoms with Crippen LogP contribution in [-0.2, 0) is 34.8 Å². The summed E-state index contributed by atoms with van der Waals surface area (Å²) in [5, 5.41) is 11.5. The van der Waals surface area contributed by atoms with Crippen LogP contribution >= 0.6 is 15.0 Å². The van der Waals surface area contributed by atoms with Gasteiger partial charge < -0.3 is 34.6 Å². The molecule has 1 aromatic rings. The number of carbonyl (C=O) groups excluding carboxylic acids is 2. The number of alkyl carbamates (subject to hydrolysis) is 1. The second kappa shape index (κ2) is 11.6. The summed E-state index contributed by atoms with van der Waals surface area (Å²) in [6.07, 6.45) is -4.06. The van der Waals surface area contributed by atoms with Crippen LogP contribution in [0, 0.1) is 5.41 Å². The first-order valence-corrected chi connectivity index (χ1v) is 13.1. The highest BCUT2D eigenvalue weighted by Crippen LogP contribution is 2.51. The fourth-order valence-electron chi connectivity index (χ4n) is 2.89. The molecule has 0 aliphatic carbocycles. The van der Waals surface area contributed by atoms with Crippen molar-refractivity contribution in [2.75, 3.05) is 25.6 Å². The zero-order chi connectivity index (χ0) is 24.6. The molecule has 0 saturated heterocycles. The Morgan fingerprint density at radius 3 is 2.19 bits per heavy atom. The van der Waals surface area contributed by atoms with E-state index in [2.05, 4.69) is 10.1 Å². The maximum absolute atomic E-state index is 12.6. The van der Waals surface area contributed by atoms with Gasteiger partial charge in [-0.15, -0.1) is 0 Å². The Kier molecular flexibility index (Phi) is 10.1. The lowest BCUT2D eigenvalue weighted by Crippen LogP contribution is -2.42. The van der Waals surface area contributed by atoms with Crippen molar-refractivity contribution >= 4 is 33.0 Å². The van der Waals surface area contributed by atoms with E-state index in [-0.39, 0.29) is 6.61 Å². The summed E-state index contributed by atoms with van der Waals surface area (Å²) in [5.41, 5.74) is -1.48. The van der Waals surface area contributed by atoms with Gasteiger partial charge in [0.1, 0.15) is 12.6 Å². The van der Waals surface area contributed by atoms with Gasteiger partial charge in [0.2, 0.25) is 7.37 Å². The van der Waals surface area contributed by atoms with Crippen LogP contribution in [0.15, 0.2) is 30.3 Å². The molecule has 0 saturated carbocycles. The van der Waals surface area contributed by atoms with Gasteiger partial charge in [0.25, 0.3) is 0 Å². The highest BCUT2D eigenvalue weighted by Gasteiger charge is 2.44. The molecule has 180 valence electrons. The van der Waals surface area contributed by atoms with Crippen molar-refractivity contribution in [2.24, 2.45) is 5.41 Å². The third-order valence-corrected chi connectivity index (χ3v) is 7.68. The number of ether oxygens (including phenoxy) is 2. The summed E-state index contributed by atoms with van der Waals surface area (Å²) in [7, 11) is -8.04. The lowest BCUT2D eigenvalue weighted by atomic mass is 9.97. The number of amides is 1. The molecule has 0 heterocycles. The van der Waals surface area contributed by atoms with E-state index in [0.717, 1.165) is 14.0 Å². The van der Waals surface area contributed by atoms with Gasteiger partial charge in [-0.1, -0.05) is 30.3 Å². The number of benzene rings is 1. The number of aliphatic carboxylic acids is 1. The van der Waals surface area contributed by atoms with Gasteiger partial charge in [-0.05, 0) is 18.9 Å². The number of esters is 1. The molecule has 12 nitrogen and oxygen atoms in total. The molecular formula is C18H27NO11P2. The van der Waals surface area contributed by atoms with Crippen molar-refractivity contribution in [3.63, 3.8) is 0 Å². The summed E-state index contributed by atoms with van der Waals surface area (Å²) in [6, 6.07) is 7.32. The van der Waals surface area contributed by atoms with Crippen molar-refractivity contribution in [1.29, 1.82) is 0 Å². The molecule has 1 aromatic carbocycles. The van der Waals surface area contributed by atoms with E-state index in [1.807, 2.05) is 0 Å². The largest absolute Gasteiger partial charge is 0.481 e. The van der Waals surface area contributed by atoms with Crippen molar-refractivity contribution in [2.45, 2.75) is 26.0 Å². The van der Waals surface area contributed by atoms with E-state index < -0.39 is 69.4 Å². The van der Waals surface area contributed by atoms with Gasteiger partial charge >= 0.3 is 25.6 Å². The Bertz CT molecular complexity index is 901. The Hall–Kier alpha value is -2.23. The number of carboxylic acids is 1. The van der Waals surface area contributed by atoms with Crippen LogP contribution in [0.2, 0.25) is 0 Å². The van der Waals surface area contributed by atoms with Crippen LogP contribution in [0.5, 0.6) is 0 Å². The molecule has 0 aliphatic heterocycles. The van der Waals surface area contributed by atoms with Crippen LogP contribution in [0.3, 0.4) is 0 Å². The third-order valence-electron chi connectivity index (χ3n) is 4.43. The van der Waals surface area contributed by atoms with Crippen LogP contribution in [0.1, 0.15) is 18.9 Å². The van der Waals surface area contributed by atoms with Crippen molar-refractivity contribution in [1.82, 2.24) is 5.32 Å². The van der Waals surface area contributed by atoms with E-state index in [4.69, 9.17) is 14.5 Å². The lowest BCUT2D eigenvalue weighted by Gasteiger charge is -2.28. The smallest absolute Gasteiger partial charge is 0.408 e. The number of carboxylic acid groups (broad SMARTS) is 1. The average Bonchev–Trinajstić information content (AvgIpc) is 2.67. The van der Waals surface area contributed by atoms with Gasteiger partial charge in [-0.3, -0.25) is 13.9 Å². The normalized spacial score (nSPS) is 16.2. The maximum atomic E-state index is 12.6. The molecule has 0 radical (unpaired) electrons. The van der Waals surface area contributed by atoms with E-state index in [1.165, 1.54) is 0 Å². The first kappa shape index (κ1) is 27.8. The second-order valence-electron chi connectivity index (χ2n) is 7.49. The fourth-order valence-corrected chi connectivity index (χ4v) is 6.38. The average molecular weight is 495 g/mol. The fraction of sp³-hybridized carbons (Fsp3) is 0.500. The predicted octanol–water partition coefficient (Wildman–Crippen LogP) is 1.38. The highest BCUT2D eigenvalue weighted by atomic mass is 31.2. The van der Waals surface area contributed by atoms with Crippen molar-refractivity contribution in [3.8, 4) is 0 Å². The molecule has 3 atom stereocenters. The predicted molar refractivity (Wildman–Crippen MR) is 112 cm³/mol. The second-order valence-corrected chi connectivity index (χ2v) is 11.6. The molecule has 0 fully saturated rings. The first-order valence-electron chi connectivity index (χ1n) is 9.31. The molecule has 1 amide bonds. The minimum atomic E-state index is -4.80. The Balaban J connectivity index is 2.78. The zero-order valence-electron chi connectivity index (χ0n) is 17.5. The van der Waals surface area contributed by atoms with E-state index in [0.29, 0.717) is 5.56 Å². The van der Waals surface area contributed by atoms with Gasteiger partial charge in [0.05, 0.1) is 18.7 Å². The Morgan fingerprint density at radius 2 is 1.69 bits per heavy atom. The van der Waals surface area contributed by atoms with Gasteiger partial charge in [0.15, 0.2) is 0 Å². The molecule has 0 bridgehead atoms. The van der Waals surface area contributed by atoms with E-state index >= 15 is 0 Å². The van der Waals surface area contributed by atoms with Crippen LogP contribution in [0.4, 0.5) is 4.79 Å². The molecule has 32 heavy (non-hydrogen) atoms. The first-order chi connectivity index (χ1) is 14.7. The summed E-state index contributed by atoms with van der Waals surface area (Å²) < 4.78 is 33.4. The summed E-state index contributed by atoms with van der Waals surface area (Å²) >= 11 is 0.